The summed E-state index contributed by atoms with van der Waals surface area (Å²) in [6.07, 6.45) is -0.0237. The number of hydrogen-bond acceptors (Lipinski definition) is 4. The highest BCUT2D eigenvalue weighted by atomic mass is 35.5. The SMILES string of the molecule is CC(C)Oc1ccc(-c2cc(CC(=O)Cl)c(=O)[nH]n2)cc1. The molecular weight excluding hydrogens is 292 g/mol. The van der Waals surface area contributed by atoms with E-state index in [0.29, 0.717) is 11.3 Å². The summed E-state index contributed by atoms with van der Waals surface area (Å²) in [5.41, 5.74) is 1.26. The Hall–Kier alpha value is -2.14. The average molecular weight is 307 g/mol. The molecule has 5 nitrogen and oxygen atoms in total. The molecule has 1 heterocycles. The summed E-state index contributed by atoms with van der Waals surface area (Å²) >= 11 is 5.32. The molecular formula is C15H15ClN2O3. The lowest BCUT2D eigenvalue weighted by Gasteiger charge is -2.10. The molecule has 6 heteroatoms. The first-order valence-corrected chi connectivity index (χ1v) is 6.87. The van der Waals surface area contributed by atoms with Crippen molar-refractivity contribution in [3.05, 3.63) is 46.2 Å². The fraction of sp³-hybridized carbons (Fsp3) is 0.267. The lowest BCUT2D eigenvalue weighted by Crippen LogP contribution is -2.16. The van der Waals surface area contributed by atoms with Crippen LogP contribution in [-0.4, -0.2) is 21.5 Å². The number of aromatic amines is 1. The van der Waals surface area contributed by atoms with E-state index in [1.54, 1.807) is 6.07 Å². The molecule has 0 fully saturated rings. The minimum absolute atomic E-state index is 0.100. The number of aromatic nitrogens is 2. The van der Waals surface area contributed by atoms with Gasteiger partial charge in [-0.15, -0.1) is 0 Å². The molecule has 0 aliphatic carbocycles. The van der Waals surface area contributed by atoms with E-state index < -0.39 is 10.8 Å². The number of H-pyrrole nitrogens is 1. The van der Waals surface area contributed by atoms with E-state index >= 15 is 0 Å². The Balaban J connectivity index is 2.29. The van der Waals surface area contributed by atoms with Crippen LogP contribution < -0.4 is 10.3 Å². The Kier molecular flexibility index (Phi) is 4.75. The van der Waals surface area contributed by atoms with Crippen molar-refractivity contribution in [3.8, 4) is 17.0 Å². The van der Waals surface area contributed by atoms with Crippen molar-refractivity contribution in [2.75, 3.05) is 0 Å². The van der Waals surface area contributed by atoms with Gasteiger partial charge < -0.3 is 4.74 Å². The number of ether oxygens (including phenoxy) is 1. The Labute approximate surface area is 126 Å². The molecule has 110 valence electrons. The maximum atomic E-state index is 11.6. The van der Waals surface area contributed by atoms with Gasteiger partial charge in [0.15, 0.2) is 0 Å². The van der Waals surface area contributed by atoms with Gasteiger partial charge in [0.2, 0.25) is 5.24 Å². The third-order valence-corrected chi connectivity index (χ3v) is 2.87. The van der Waals surface area contributed by atoms with E-state index in [-0.39, 0.29) is 12.5 Å². The minimum atomic E-state index is -0.585. The summed E-state index contributed by atoms with van der Waals surface area (Å²) in [7, 11) is 0. The van der Waals surface area contributed by atoms with Crippen molar-refractivity contribution in [2.24, 2.45) is 0 Å². The quantitative estimate of drug-likeness (QED) is 0.862. The molecule has 2 aromatic rings. The molecule has 0 aliphatic heterocycles. The van der Waals surface area contributed by atoms with Gasteiger partial charge in [0, 0.05) is 11.1 Å². The second-order valence-corrected chi connectivity index (χ2v) is 5.25. The highest BCUT2D eigenvalue weighted by Gasteiger charge is 2.09. The molecule has 1 N–H and O–H groups in total. The molecule has 0 amide bonds. The topological polar surface area (TPSA) is 72.1 Å². The summed E-state index contributed by atoms with van der Waals surface area (Å²) in [5, 5.41) is 5.76. The highest BCUT2D eigenvalue weighted by Crippen LogP contribution is 2.21. The number of benzene rings is 1. The van der Waals surface area contributed by atoms with Gasteiger partial charge in [-0.25, -0.2) is 5.10 Å². The lowest BCUT2D eigenvalue weighted by atomic mass is 10.1. The maximum absolute atomic E-state index is 11.6. The third kappa shape index (κ3) is 4.16. The fourth-order valence-corrected chi connectivity index (χ4v) is 1.99. The van der Waals surface area contributed by atoms with Crippen LogP contribution in [0.1, 0.15) is 19.4 Å². The van der Waals surface area contributed by atoms with Crippen molar-refractivity contribution in [1.29, 1.82) is 0 Å². The van der Waals surface area contributed by atoms with Crippen molar-refractivity contribution < 1.29 is 9.53 Å². The zero-order valence-corrected chi connectivity index (χ0v) is 12.5. The summed E-state index contributed by atoms with van der Waals surface area (Å²) < 4.78 is 5.56. The van der Waals surface area contributed by atoms with Gasteiger partial charge in [-0.2, -0.15) is 5.10 Å². The average Bonchev–Trinajstić information content (AvgIpc) is 2.41. The second kappa shape index (κ2) is 6.54. The summed E-state index contributed by atoms with van der Waals surface area (Å²) in [6.45, 7) is 3.90. The van der Waals surface area contributed by atoms with E-state index in [0.717, 1.165) is 11.3 Å². The molecule has 0 unspecified atom stereocenters. The maximum Gasteiger partial charge on any atom is 0.267 e. The van der Waals surface area contributed by atoms with Gasteiger partial charge >= 0.3 is 0 Å². The zero-order chi connectivity index (χ0) is 15.4. The molecule has 1 aromatic heterocycles. The van der Waals surface area contributed by atoms with Crippen LogP contribution in [0.4, 0.5) is 0 Å². The Morgan fingerprint density at radius 1 is 1.33 bits per heavy atom. The summed E-state index contributed by atoms with van der Waals surface area (Å²) in [4.78, 5) is 22.5. The third-order valence-electron chi connectivity index (χ3n) is 2.73. The van der Waals surface area contributed by atoms with Gasteiger partial charge in [0.05, 0.1) is 18.2 Å². The molecule has 0 bridgehead atoms. The van der Waals surface area contributed by atoms with Crippen molar-refractivity contribution in [3.63, 3.8) is 0 Å². The number of hydrogen-bond donors (Lipinski definition) is 1. The summed E-state index contributed by atoms with van der Waals surface area (Å²) in [6, 6.07) is 8.90. The van der Waals surface area contributed by atoms with Crippen molar-refractivity contribution >= 4 is 16.8 Å². The minimum Gasteiger partial charge on any atom is -0.491 e. The van der Waals surface area contributed by atoms with E-state index in [9.17, 15) is 9.59 Å². The van der Waals surface area contributed by atoms with Crippen LogP contribution in [0.5, 0.6) is 5.75 Å². The second-order valence-electron chi connectivity index (χ2n) is 4.83. The van der Waals surface area contributed by atoms with Crippen LogP contribution in [0.25, 0.3) is 11.3 Å². The van der Waals surface area contributed by atoms with Gasteiger partial charge in [-0.1, -0.05) is 0 Å². The van der Waals surface area contributed by atoms with Gasteiger partial charge in [-0.3, -0.25) is 9.59 Å². The fourth-order valence-electron chi connectivity index (χ4n) is 1.85. The molecule has 2 rings (SSSR count). The molecule has 1 aromatic carbocycles. The molecule has 0 radical (unpaired) electrons. The summed E-state index contributed by atoms with van der Waals surface area (Å²) in [5.74, 6) is 0.759. The molecule has 0 spiro atoms. The molecule has 0 saturated carbocycles. The van der Waals surface area contributed by atoms with Gasteiger partial charge in [0.25, 0.3) is 5.56 Å². The van der Waals surface area contributed by atoms with Crippen LogP contribution in [0.3, 0.4) is 0 Å². The van der Waals surface area contributed by atoms with Crippen molar-refractivity contribution in [1.82, 2.24) is 10.2 Å². The first-order chi connectivity index (χ1) is 9.95. The zero-order valence-electron chi connectivity index (χ0n) is 11.7. The van der Waals surface area contributed by atoms with E-state index in [2.05, 4.69) is 10.2 Å². The van der Waals surface area contributed by atoms with Gasteiger partial charge in [0.1, 0.15) is 5.75 Å². The molecule has 0 atom stereocenters. The number of halogens is 1. The number of rotatable bonds is 5. The predicted molar refractivity (Wildman–Crippen MR) is 80.6 cm³/mol. The van der Waals surface area contributed by atoms with E-state index in [4.69, 9.17) is 16.3 Å². The Morgan fingerprint density at radius 3 is 2.57 bits per heavy atom. The van der Waals surface area contributed by atoms with E-state index in [1.165, 1.54) is 0 Å². The normalized spacial score (nSPS) is 10.7. The number of carbonyl (C=O) groups excluding carboxylic acids is 1. The first kappa shape index (κ1) is 15.3. The molecule has 21 heavy (non-hydrogen) atoms. The number of carbonyl (C=O) groups is 1. The Bertz CT molecular complexity index is 693. The largest absolute Gasteiger partial charge is 0.491 e. The molecule has 0 aliphatic rings. The van der Waals surface area contributed by atoms with Crippen molar-refractivity contribution in [2.45, 2.75) is 26.4 Å². The van der Waals surface area contributed by atoms with Crippen LogP contribution in [0.2, 0.25) is 0 Å². The lowest BCUT2D eigenvalue weighted by molar-refractivity contribution is -0.111. The van der Waals surface area contributed by atoms with Crippen LogP contribution in [0, 0.1) is 0 Å². The van der Waals surface area contributed by atoms with Crippen LogP contribution in [-0.2, 0) is 11.2 Å². The standard InChI is InChI=1S/C15H15ClN2O3/c1-9(2)21-12-5-3-10(4-6-12)13-7-11(8-14(16)19)15(20)18-17-13/h3-7,9H,8H2,1-2H3,(H,18,20). The smallest absolute Gasteiger partial charge is 0.267 e. The van der Waals surface area contributed by atoms with Crippen LogP contribution >= 0.6 is 11.6 Å². The molecule has 0 saturated heterocycles. The first-order valence-electron chi connectivity index (χ1n) is 6.49. The predicted octanol–water partition coefficient (Wildman–Crippen LogP) is 2.53. The highest BCUT2D eigenvalue weighted by molar-refractivity contribution is 6.63. The number of nitrogens with zero attached hydrogens (tertiary/aromatic N) is 1. The number of nitrogens with one attached hydrogen (secondary N) is 1. The van der Waals surface area contributed by atoms with Crippen LogP contribution in [0.15, 0.2) is 35.1 Å². The van der Waals surface area contributed by atoms with E-state index in [1.807, 2.05) is 38.1 Å². The van der Waals surface area contributed by atoms with Gasteiger partial charge in [-0.05, 0) is 55.8 Å². The monoisotopic (exact) mass is 306 g/mol. The Morgan fingerprint density at radius 2 is 2.00 bits per heavy atom.